The summed E-state index contributed by atoms with van der Waals surface area (Å²) >= 11 is 3.76. The molecule has 0 bridgehead atoms. The molecule has 1 atom stereocenters. The third-order valence-electron chi connectivity index (χ3n) is 2.51. The predicted octanol–water partition coefficient (Wildman–Crippen LogP) is 3.96. The van der Waals surface area contributed by atoms with Gasteiger partial charge < -0.3 is 0 Å². The highest BCUT2D eigenvalue weighted by molar-refractivity contribution is 8.02. The van der Waals surface area contributed by atoms with Crippen LogP contribution in [0.3, 0.4) is 0 Å². The summed E-state index contributed by atoms with van der Waals surface area (Å²) in [6.07, 6.45) is 12.9. The van der Waals surface area contributed by atoms with Crippen molar-refractivity contribution in [2.24, 2.45) is 0 Å². The lowest BCUT2D eigenvalue weighted by Crippen LogP contribution is -1.86. The Morgan fingerprint density at radius 2 is 2.27 bits per heavy atom. The molecule has 1 aliphatic carbocycles. The minimum absolute atomic E-state index is 0.569. The lowest BCUT2D eigenvalue weighted by molar-refractivity contribution is 0.966. The Labute approximate surface area is 97.6 Å². The molecule has 15 heavy (non-hydrogen) atoms. The predicted molar refractivity (Wildman–Crippen MR) is 68.1 cm³/mol. The SMILES string of the molecule is C1=CCc2sc(C3CC=CS3)nc2C=C1. The molecule has 3 rings (SSSR count). The maximum Gasteiger partial charge on any atom is 0.107 e. The Kier molecular flexibility index (Phi) is 2.51. The smallest absolute Gasteiger partial charge is 0.107 e. The van der Waals surface area contributed by atoms with Crippen LogP contribution < -0.4 is 0 Å². The van der Waals surface area contributed by atoms with Crippen LogP contribution in [0.25, 0.3) is 6.08 Å². The first-order valence-corrected chi connectivity index (χ1v) is 6.83. The zero-order valence-corrected chi connectivity index (χ0v) is 9.85. The molecular formula is C12H11NS2. The number of hydrogen-bond acceptors (Lipinski definition) is 3. The van der Waals surface area contributed by atoms with Gasteiger partial charge in [0.2, 0.25) is 0 Å². The van der Waals surface area contributed by atoms with Crippen LogP contribution in [0.5, 0.6) is 0 Å². The molecule has 0 radical (unpaired) electrons. The first-order chi connectivity index (χ1) is 7.43. The number of thiazole rings is 1. The van der Waals surface area contributed by atoms with Crippen molar-refractivity contribution in [3.63, 3.8) is 0 Å². The van der Waals surface area contributed by atoms with Gasteiger partial charge in [0.15, 0.2) is 0 Å². The summed E-state index contributed by atoms with van der Waals surface area (Å²) in [7, 11) is 0. The number of aromatic nitrogens is 1. The molecule has 1 aliphatic heterocycles. The lowest BCUT2D eigenvalue weighted by atomic mass is 10.3. The Balaban J connectivity index is 1.93. The average molecular weight is 233 g/mol. The van der Waals surface area contributed by atoms with E-state index in [1.54, 1.807) is 0 Å². The van der Waals surface area contributed by atoms with Crippen molar-refractivity contribution < 1.29 is 0 Å². The fraction of sp³-hybridized carbons (Fsp3) is 0.250. The number of rotatable bonds is 1. The van der Waals surface area contributed by atoms with Crippen molar-refractivity contribution in [2.75, 3.05) is 0 Å². The van der Waals surface area contributed by atoms with Crippen LogP contribution in [0.15, 0.2) is 29.7 Å². The van der Waals surface area contributed by atoms with Crippen LogP contribution in [0, 0.1) is 0 Å². The van der Waals surface area contributed by atoms with Gasteiger partial charge in [0.1, 0.15) is 5.01 Å². The molecule has 2 aliphatic rings. The summed E-state index contributed by atoms with van der Waals surface area (Å²) in [6.45, 7) is 0. The van der Waals surface area contributed by atoms with Crippen molar-refractivity contribution in [3.8, 4) is 0 Å². The van der Waals surface area contributed by atoms with E-state index >= 15 is 0 Å². The van der Waals surface area contributed by atoms with E-state index in [1.165, 1.54) is 15.6 Å². The monoisotopic (exact) mass is 233 g/mol. The molecular weight excluding hydrogens is 222 g/mol. The molecule has 1 aromatic rings. The Morgan fingerprint density at radius 1 is 1.27 bits per heavy atom. The molecule has 0 saturated heterocycles. The largest absolute Gasteiger partial charge is 0.240 e. The van der Waals surface area contributed by atoms with Crippen LogP contribution in [-0.4, -0.2) is 4.98 Å². The van der Waals surface area contributed by atoms with Crippen LogP contribution in [-0.2, 0) is 6.42 Å². The average Bonchev–Trinajstić information content (AvgIpc) is 2.84. The molecule has 0 aromatic carbocycles. The summed E-state index contributed by atoms with van der Waals surface area (Å²) in [5.74, 6) is 0. The quantitative estimate of drug-likeness (QED) is 0.728. The molecule has 1 unspecified atom stereocenters. The molecule has 3 heteroatoms. The summed E-state index contributed by atoms with van der Waals surface area (Å²) < 4.78 is 0. The topological polar surface area (TPSA) is 12.9 Å². The number of allylic oxidation sites excluding steroid dienone is 4. The van der Waals surface area contributed by atoms with Gasteiger partial charge in [-0.15, -0.1) is 23.1 Å². The molecule has 0 N–H and O–H groups in total. The molecule has 0 amide bonds. The van der Waals surface area contributed by atoms with E-state index in [0.717, 1.165) is 12.8 Å². The third-order valence-corrected chi connectivity index (χ3v) is 4.96. The number of nitrogens with zero attached hydrogens (tertiary/aromatic N) is 1. The summed E-state index contributed by atoms with van der Waals surface area (Å²) in [6, 6.07) is 0. The minimum atomic E-state index is 0.569. The van der Waals surface area contributed by atoms with Gasteiger partial charge in [0, 0.05) is 11.3 Å². The van der Waals surface area contributed by atoms with Crippen molar-refractivity contribution >= 4 is 29.2 Å². The highest BCUT2D eigenvalue weighted by Gasteiger charge is 2.19. The van der Waals surface area contributed by atoms with E-state index in [2.05, 4.69) is 35.8 Å². The van der Waals surface area contributed by atoms with Crippen LogP contribution in [0.4, 0.5) is 0 Å². The highest BCUT2D eigenvalue weighted by Crippen LogP contribution is 2.41. The molecule has 1 nitrogen and oxygen atoms in total. The lowest BCUT2D eigenvalue weighted by Gasteiger charge is -2.01. The Bertz CT molecular complexity index is 446. The van der Waals surface area contributed by atoms with Crippen molar-refractivity contribution in [3.05, 3.63) is 45.3 Å². The van der Waals surface area contributed by atoms with Gasteiger partial charge in [-0.3, -0.25) is 0 Å². The van der Waals surface area contributed by atoms with Crippen molar-refractivity contribution in [2.45, 2.75) is 18.1 Å². The highest BCUT2D eigenvalue weighted by atomic mass is 32.2. The number of hydrogen-bond donors (Lipinski definition) is 0. The van der Waals surface area contributed by atoms with Gasteiger partial charge >= 0.3 is 0 Å². The first kappa shape index (κ1) is 9.43. The normalized spacial score (nSPS) is 23.1. The van der Waals surface area contributed by atoms with Crippen LogP contribution in [0.1, 0.15) is 27.2 Å². The second-order valence-corrected chi connectivity index (χ2v) is 5.81. The van der Waals surface area contributed by atoms with Crippen LogP contribution in [0.2, 0.25) is 0 Å². The molecule has 2 heterocycles. The fourth-order valence-corrected chi connectivity index (χ4v) is 3.88. The summed E-state index contributed by atoms with van der Waals surface area (Å²) in [5.41, 5.74) is 1.17. The van der Waals surface area contributed by atoms with Crippen molar-refractivity contribution in [1.29, 1.82) is 0 Å². The zero-order chi connectivity index (χ0) is 10.1. The molecule has 0 spiro atoms. The fourth-order valence-electron chi connectivity index (χ4n) is 1.74. The van der Waals surface area contributed by atoms with E-state index in [9.17, 15) is 0 Å². The van der Waals surface area contributed by atoms with Gasteiger partial charge in [0.05, 0.1) is 10.9 Å². The van der Waals surface area contributed by atoms with E-state index in [4.69, 9.17) is 4.98 Å². The summed E-state index contributed by atoms with van der Waals surface area (Å²) in [4.78, 5) is 6.13. The molecule has 1 aromatic heterocycles. The maximum atomic E-state index is 4.72. The van der Waals surface area contributed by atoms with Gasteiger partial charge in [0.25, 0.3) is 0 Å². The second-order valence-electron chi connectivity index (χ2n) is 3.58. The van der Waals surface area contributed by atoms with E-state index in [0.29, 0.717) is 5.25 Å². The van der Waals surface area contributed by atoms with E-state index in [-0.39, 0.29) is 0 Å². The first-order valence-electron chi connectivity index (χ1n) is 5.07. The van der Waals surface area contributed by atoms with Gasteiger partial charge in [-0.2, -0.15) is 0 Å². The van der Waals surface area contributed by atoms with Gasteiger partial charge in [-0.05, 0) is 17.9 Å². The second kappa shape index (κ2) is 3.99. The zero-order valence-electron chi connectivity index (χ0n) is 8.22. The standard InChI is InChI=1S/C12H11NS2/c1-2-5-9-10(6-3-1)15-12(13-9)11-7-4-8-14-11/h1-5,8,11H,6-7H2. The Morgan fingerprint density at radius 3 is 3.13 bits per heavy atom. The maximum absolute atomic E-state index is 4.72. The van der Waals surface area contributed by atoms with E-state index < -0.39 is 0 Å². The number of thioether (sulfide) groups is 1. The van der Waals surface area contributed by atoms with Gasteiger partial charge in [-0.25, -0.2) is 4.98 Å². The van der Waals surface area contributed by atoms with Crippen molar-refractivity contribution in [1.82, 2.24) is 4.98 Å². The number of fused-ring (bicyclic) bond motifs is 1. The summed E-state index contributed by atoms with van der Waals surface area (Å²) in [5, 5.41) is 4.04. The van der Waals surface area contributed by atoms with Gasteiger partial charge in [-0.1, -0.05) is 24.3 Å². The third kappa shape index (κ3) is 1.82. The Hall–Kier alpha value is -0.800. The molecule has 0 fully saturated rings. The molecule has 0 saturated carbocycles. The molecule has 76 valence electrons. The van der Waals surface area contributed by atoms with Crippen LogP contribution >= 0.6 is 23.1 Å². The van der Waals surface area contributed by atoms with E-state index in [1.807, 2.05) is 23.1 Å². The minimum Gasteiger partial charge on any atom is -0.240 e.